The molecular weight excluding hydrogens is 1160 g/mol. The smallest absolute Gasteiger partial charge is 0.351 e. The number of guanidine groups is 5. The van der Waals surface area contributed by atoms with Crippen molar-refractivity contribution in [2.75, 3.05) is 42.7 Å². The van der Waals surface area contributed by atoms with Gasteiger partial charge in [0, 0.05) is 43.8 Å². The normalized spacial score (nSPS) is 23.0. The van der Waals surface area contributed by atoms with Crippen LogP contribution in [0.15, 0.2) is 36.0 Å². The van der Waals surface area contributed by atoms with E-state index in [1.165, 1.54) is 27.8 Å². The second-order valence-corrected chi connectivity index (χ2v) is 22.2. The first kappa shape index (κ1) is 69.5. The van der Waals surface area contributed by atoms with E-state index in [1.807, 2.05) is 0 Å². The van der Waals surface area contributed by atoms with Gasteiger partial charge in [-0.1, -0.05) is 34.4 Å². The van der Waals surface area contributed by atoms with Gasteiger partial charge in [0.2, 0.25) is 35.5 Å². The van der Waals surface area contributed by atoms with Gasteiger partial charge < -0.3 is 126 Å². The number of aliphatic hydroxyl groups excluding tert-OH is 3. The van der Waals surface area contributed by atoms with Gasteiger partial charge in [0.1, 0.15) is 66.6 Å². The van der Waals surface area contributed by atoms with Crippen LogP contribution in [0.25, 0.3) is 11.0 Å². The molecule has 0 spiro atoms. The highest BCUT2D eigenvalue weighted by Gasteiger charge is 2.52. The van der Waals surface area contributed by atoms with Crippen LogP contribution in [0.1, 0.15) is 64.2 Å². The number of nitrogens with one attached hydrogen (secondary N) is 3. The highest BCUT2D eigenvalue weighted by molar-refractivity contribution is 8.76. The molecule has 13 atom stereocenters. The van der Waals surface area contributed by atoms with Crippen molar-refractivity contribution >= 4 is 104 Å². The number of amides is 5. The number of nitrogens with zero attached hydrogens (tertiary/aromatic N) is 9. The number of nitrogen functional groups attached to an aromatic ring is 2. The number of aliphatic hydroxyl groups is 3. The number of carbonyl (C=O) groups is 5. The third-order valence-electron chi connectivity index (χ3n) is 12.9. The van der Waals surface area contributed by atoms with Crippen molar-refractivity contribution in [2.45, 2.75) is 150 Å². The lowest BCUT2D eigenvalue weighted by atomic mass is 9.83. The Morgan fingerprint density at radius 2 is 1.36 bits per heavy atom. The quantitative estimate of drug-likeness (QED) is 0.0134. The number of hydrogen-bond acceptors (Lipinski definition) is 24. The molecule has 34 N–H and O–H groups in total. The maximum absolute atomic E-state index is 13.8. The van der Waals surface area contributed by atoms with E-state index in [4.69, 9.17) is 94.5 Å². The second-order valence-electron chi connectivity index (χ2n) is 19.5. The van der Waals surface area contributed by atoms with E-state index in [2.05, 4.69) is 55.9 Å². The van der Waals surface area contributed by atoms with Crippen LogP contribution in [-0.2, 0) is 44.7 Å². The summed E-state index contributed by atoms with van der Waals surface area (Å²) in [6.45, 7) is -0.255. The molecule has 85 heavy (non-hydrogen) atoms. The molecule has 1 aliphatic heterocycles. The summed E-state index contributed by atoms with van der Waals surface area (Å²) in [6.07, 6.45) is -6.90. The summed E-state index contributed by atoms with van der Waals surface area (Å²) >= 11 is 0. The summed E-state index contributed by atoms with van der Waals surface area (Å²) in [6, 6.07) is -7.47. The fourth-order valence-corrected chi connectivity index (χ4v) is 11.2. The number of fused-ring (bicyclic) bond motifs is 1. The minimum absolute atomic E-state index is 0.0208. The van der Waals surface area contributed by atoms with Crippen LogP contribution < -0.4 is 102 Å². The van der Waals surface area contributed by atoms with E-state index in [9.17, 15) is 44.1 Å². The van der Waals surface area contributed by atoms with Crippen LogP contribution in [0.3, 0.4) is 0 Å². The van der Waals surface area contributed by atoms with E-state index < -0.39 is 127 Å². The SMILES string of the molecule is NC(=O)C[C@H](NC(=O)CCCn1c(=O)nc(N)c2cnc(N)nc21)C(=O)N[C@@H](CCCN=C(N)N)C(=O)N[C@@H](CSSCCCCCCO[C@@H]1[C@@H](O)[C@H](N=C(N)N)C[C@H](N=C(N)N)[C@H]1O[C@H]1O[C@H](CN=C(N)N)[C@@H](O)[C@H](O)[C@H]1N=C(N)N)C(N)=O. The zero-order valence-electron chi connectivity index (χ0n) is 46.3. The molecule has 2 fully saturated rings. The number of nitrogens with two attached hydrogens (primary N) is 14. The molecule has 3 heterocycles. The minimum Gasteiger partial charge on any atom is -0.388 e. The molecule has 4 rings (SSSR count). The molecule has 0 unspecified atom stereocenters. The number of aliphatic imine (C=N–C) groups is 5. The number of primary amides is 2. The lowest BCUT2D eigenvalue weighted by Crippen LogP contribution is -2.63. The van der Waals surface area contributed by atoms with Gasteiger partial charge >= 0.3 is 5.69 Å². The first-order valence-corrected chi connectivity index (χ1v) is 29.0. The summed E-state index contributed by atoms with van der Waals surface area (Å²) in [5.74, 6) is -5.66. The average molecular weight is 1240 g/mol. The molecule has 0 radical (unpaired) electrons. The molecule has 2 aromatic heterocycles. The third-order valence-corrected chi connectivity index (χ3v) is 15.4. The van der Waals surface area contributed by atoms with Gasteiger partial charge in [-0.15, -0.1) is 0 Å². The predicted molar refractivity (Wildman–Crippen MR) is 317 cm³/mol. The van der Waals surface area contributed by atoms with Gasteiger partial charge in [0.25, 0.3) is 0 Å². The van der Waals surface area contributed by atoms with Crippen LogP contribution in [0, 0.1) is 0 Å². The fraction of sp³-hybridized carbons (Fsp3) is 0.644. The van der Waals surface area contributed by atoms with Crippen LogP contribution in [0.4, 0.5) is 11.8 Å². The van der Waals surface area contributed by atoms with Gasteiger partial charge in [-0.2, -0.15) is 9.97 Å². The molecule has 2 aliphatic rings. The number of ether oxygens (including phenoxy) is 3. The summed E-state index contributed by atoms with van der Waals surface area (Å²) in [5.41, 5.74) is 78.4. The molecule has 1 saturated heterocycles. The lowest BCUT2D eigenvalue weighted by molar-refractivity contribution is -0.290. The van der Waals surface area contributed by atoms with Gasteiger partial charge in [0.05, 0.1) is 30.4 Å². The third kappa shape index (κ3) is 22.5. The number of hydrogen-bond donors (Lipinski definition) is 20. The average Bonchev–Trinajstić information content (AvgIpc) is 1.73. The number of carbonyl (C=O) groups excluding carboxylic acids is 5. The highest BCUT2D eigenvalue weighted by atomic mass is 33.1. The number of aryl methyl sites for hydroxylation is 1. The second kappa shape index (κ2) is 34.1. The van der Waals surface area contributed by atoms with Crippen molar-refractivity contribution < 1.29 is 53.5 Å². The Kier molecular flexibility index (Phi) is 27.8. The highest BCUT2D eigenvalue weighted by Crippen LogP contribution is 2.34. The standard InChI is InChI=1S/C45H80N26O12S2/c46-25(72)14-22(63-26(73)8-6-10-71-35-18(15-62-44(59)70-35)33(47)69-45(71)80)37(79)64-19(7-5-9-60-39(49)50)36(78)65-23(34(48)77)17-85-84-12-4-2-1-3-11-81-32-28(74)20(66-41(53)54)13-21(67-42(55)56)31(32)83-38-27(68-43(57)58)30(76)29(75)24(82-38)16-61-40(51)52/h15,19-24,27-32,38,74-76H,1-14,16-17H2,(H2,46,72)(H2,48,77)(H,63,73)(H,64,79)(H,65,78)(H2,47,69,80)(H4,49,50,60)(H4,51,52,61)(H4,53,54,66)(H4,55,56,67)(H4,57,58,68)(H2,59,62,70)/t19-,20+,21-,22-,23-,24+,27+,28-,29+,30+,31+,32+,38+/m0/s1. The van der Waals surface area contributed by atoms with Crippen LogP contribution in [-0.4, -0.2) is 205 Å². The molecule has 38 nitrogen and oxygen atoms in total. The minimum atomic E-state index is -1.66. The lowest BCUT2D eigenvalue weighted by Gasteiger charge is -2.46. The molecule has 0 aromatic carbocycles. The summed E-state index contributed by atoms with van der Waals surface area (Å²) in [7, 11) is 2.65. The largest absolute Gasteiger partial charge is 0.388 e. The van der Waals surface area contributed by atoms with E-state index >= 15 is 0 Å². The number of unbranched alkanes of at least 4 members (excludes halogenated alkanes) is 3. The molecule has 5 amide bonds. The Morgan fingerprint density at radius 3 is 2.01 bits per heavy atom. The monoisotopic (exact) mass is 1240 g/mol. The van der Waals surface area contributed by atoms with Gasteiger partial charge in [-0.3, -0.25) is 38.5 Å². The Bertz CT molecular complexity index is 2790. The first-order chi connectivity index (χ1) is 40.2. The van der Waals surface area contributed by atoms with Gasteiger partial charge in [-0.05, 0) is 38.5 Å². The molecular formula is C45H80N26O12S2. The summed E-state index contributed by atoms with van der Waals surface area (Å²) in [5, 5.41) is 41.4. The maximum Gasteiger partial charge on any atom is 0.351 e. The number of aromatic nitrogens is 4. The molecule has 40 heteroatoms. The summed E-state index contributed by atoms with van der Waals surface area (Å²) < 4.78 is 19.8. The van der Waals surface area contributed by atoms with Crippen LogP contribution in [0.5, 0.6) is 0 Å². The van der Waals surface area contributed by atoms with Gasteiger partial charge in [0.15, 0.2) is 41.7 Å². The molecule has 1 saturated carbocycles. The van der Waals surface area contributed by atoms with Crippen LogP contribution >= 0.6 is 21.6 Å². The van der Waals surface area contributed by atoms with Crippen molar-refractivity contribution in [1.29, 1.82) is 0 Å². The topological polar surface area (TPSA) is 697 Å². The number of anilines is 2. The summed E-state index contributed by atoms with van der Waals surface area (Å²) in [4.78, 5) is 110. The number of rotatable bonds is 34. The van der Waals surface area contributed by atoms with Crippen molar-refractivity contribution in [2.24, 2.45) is 93.8 Å². The zero-order chi connectivity index (χ0) is 63.1. The Labute approximate surface area is 494 Å². The first-order valence-electron chi connectivity index (χ1n) is 26.5. The zero-order valence-corrected chi connectivity index (χ0v) is 48.0. The van der Waals surface area contributed by atoms with E-state index in [0.717, 1.165) is 4.57 Å². The molecule has 0 bridgehead atoms. The molecule has 474 valence electrons. The Balaban J connectivity index is 1.33. The van der Waals surface area contributed by atoms with Crippen molar-refractivity contribution in [3.8, 4) is 0 Å². The van der Waals surface area contributed by atoms with E-state index in [0.29, 0.717) is 31.4 Å². The van der Waals surface area contributed by atoms with E-state index in [1.54, 1.807) is 0 Å². The maximum atomic E-state index is 13.8. The fourth-order valence-electron chi connectivity index (χ4n) is 8.88. The van der Waals surface area contributed by atoms with Crippen molar-refractivity contribution in [3.05, 3.63) is 16.7 Å². The van der Waals surface area contributed by atoms with Crippen molar-refractivity contribution in [3.63, 3.8) is 0 Å². The molecule has 2 aromatic rings. The van der Waals surface area contributed by atoms with Crippen LogP contribution in [0.2, 0.25) is 0 Å². The molecule has 1 aliphatic carbocycles. The van der Waals surface area contributed by atoms with E-state index in [-0.39, 0.29) is 111 Å². The van der Waals surface area contributed by atoms with Gasteiger partial charge in [-0.25, -0.2) is 24.8 Å². The Hall–Kier alpha value is -8.02. The Morgan fingerprint density at radius 1 is 0.718 bits per heavy atom. The van der Waals surface area contributed by atoms with Crippen molar-refractivity contribution in [1.82, 2.24) is 35.5 Å². The predicted octanol–water partition coefficient (Wildman–Crippen LogP) is -9.88.